The molecule has 0 bridgehead atoms. The summed E-state index contributed by atoms with van der Waals surface area (Å²) >= 11 is 7.09. The number of hydrogen-bond acceptors (Lipinski definition) is 5. The first-order valence-electron chi connectivity index (χ1n) is 8.36. The Labute approximate surface area is 169 Å². The van der Waals surface area contributed by atoms with Gasteiger partial charge in [-0.2, -0.15) is 0 Å². The van der Waals surface area contributed by atoms with Crippen LogP contribution in [0, 0.1) is 5.82 Å². The van der Waals surface area contributed by atoms with Crippen molar-refractivity contribution in [2.45, 2.75) is 11.7 Å². The van der Waals surface area contributed by atoms with Gasteiger partial charge in [0.2, 0.25) is 5.91 Å². The van der Waals surface area contributed by atoms with E-state index in [2.05, 4.69) is 10.3 Å². The van der Waals surface area contributed by atoms with E-state index in [9.17, 15) is 14.0 Å². The number of aromatic nitrogens is 2. The van der Waals surface area contributed by atoms with E-state index in [1.54, 1.807) is 30.3 Å². The van der Waals surface area contributed by atoms with Gasteiger partial charge in [-0.05, 0) is 30.3 Å². The zero-order chi connectivity index (χ0) is 20.1. The molecule has 3 aromatic rings. The highest BCUT2D eigenvalue weighted by molar-refractivity contribution is 7.99. The molecule has 0 aliphatic carbocycles. The fourth-order valence-electron chi connectivity index (χ4n) is 2.54. The highest BCUT2D eigenvalue weighted by Gasteiger charge is 2.14. The number of thioether (sulfide) groups is 1. The molecule has 146 valence electrons. The van der Waals surface area contributed by atoms with E-state index in [1.807, 2.05) is 0 Å². The lowest BCUT2D eigenvalue weighted by molar-refractivity contribution is -0.113. The monoisotopic (exact) mass is 421 g/mol. The molecule has 0 spiro atoms. The summed E-state index contributed by atoms with van der Waals surface area (Å²) < 4.78 is 20.2. The largest absolute Gasteiger partial charge is 0.383 e. The van der Waals surface area contributed by atoms with Gasteiger partial charge in [0, 0.05) is 12.1 Å². The van der Waals surface area contributed by atoms with E-state index in [0.717, 1.165) is 11.8 Å². The second-order valence-corrected chi connectivity index (χ2v) is 7.20. The minimum atomic E-state index is -0.517. The van der Waals surface area contributed by atoms with Crippen molar-refractivity contribution in [3.63, 3.8) is 0 Å². The van der Waals surface area contributed by atoms with E-state index in [1.165, 1.54) is 23.8 Å². The Balaban J connectivity index is 1.85. The van der Waals surface area contributed by atoms with Gasteiger partial charge in [0.05, 0.1) is 35.5 Å². The molecule has 0 atom stereocenters. The molecule has 1 heterocycles. The average molecular weight is 422 g/mol. The zero-order valence-corrected chi connectivity index (χ0v) is 16.5. The lowest BCUT2D eigenvalue weighted by Crippen LogP contribution is -2.26. The number of fused-ring (bicyclic) bond motifs is 1. The molecule has 0 saturated carbocycles. The normalized spacial score (nSPS) is 11.0. The number of benzene rings is 2. The molecule has 28 heavy (non-hydrogen) atoms. The van der Waals surface area contributed by atoms with E-state index in [-0.39, 0.29) is 23.5 Å². The van der Waals surface area contributed by atoms with Crippen molar-refractivity contribution in [3.05, 3.63) is 63.7 Å². The predicted octanol–water partition coefficient (Wildman–Crippen LogP) is 3.57. The van der Waals surface area contributed by atoms with Gasteiger partial charge in [-0.1, -0.05) is 35.5 Å². The van der Waals surface area contributed by atoms with Gasteiger partial charge in [0.1, 0.15) is 5.82 Å². The minimum absolute atomic E-state index is 0.0418. The first-order chi connectivity index (χ1) is 13.5. The Morgan fingerprint density at radius 2 is 2.11 bits per heavy atom. The van der Waals surface area contributed by atoms with Gasteiger partial charge in [-0.3, -0.25) is 14.2 Å². The van der Waals surface area contributed by atoms with Crippen molar-refractivity contribution in [1.82, 2.24) is 9.55 Å². The molecule has 0 unspecified atom stereocenters. The maximum absolute atomic E-state index is 13.7. The summed E-state index contributed by atoms with van der Waals surface area (Å²) in [6, 6.07) is 10.8. The third-order valence-electron chi connectivity index (χ3n) is 3.88. The summed E-state index contributed by atoms with van der Waals surface area (Å²) in [4.78, 5) is 29.5. The van der Waals surface area contributed by atoms with Gasteiger partial charge in [-0.15, -0.1) is 0 Å². The van der Waals surface area contributed by atoms with Crippen molar-refractivity contribution in [1.29, 1.82) is 0 Å². The van der Waals surface area contributed by atoms with Crippen LogP contribution in [-0.4, -0.2) is 34.9 Å². The van der Waals surface area contributed by atoms with Crippen LogP contribution < -0.4 is 10.9 Å². The maximum atomic E-state index is 13.7. The molecule has 1 N–H and O–H groups in total. The number of carbonyl (C=O) groups excluding carboxylic acids is 1. The Hall–Kier alpha value is -2.42. The number of halogens is 2. The van der Waals surface area contributed by atoms with E-state index >= 15 is 0 Å². The molecule has 6 nitrogen and oxygen atoms in total. The SMILES string of the molecule is COCCn1c(SCC(=O)Nc2ccccc2F)nc2cc(Cl)ccc2c1=O. The number of anilines is 1. The van der Waals surface area contributed by atoms with Crippen molar-refractivity contribution >= 4 is 45.9 Å². The fraction of sp³-hybridized carbons (Fsp3) is 0.211. The number of para-hydroxylation sites is 1. The Kier molecular flexibility index (Phi) is 6.66. The summed E-state index contributed by atoms with van der Waals surface area (Å²) in [5.74, 6) is -0.968. The Morgan fingerprint density at radius 3 is 2.86 bits per heavy atom. The van der Waals surface area contributed by atoms with Crippen LogP contribution in [0.15, 0.2) is 52.4 Å². The summed E-state index contributed by atoms with van der Waals surface area (Å²) in [6.45, 7) is 0.605. The molecule has 0 fully saturated rings. The van der Waals surface area contributed by atoms with E-state index < -0.39 is 11.7 Å². The third-order valence-corrected chi connectivity index (χ3v) is 5.09. The molecule has 1 aromatic heterocycles. The third kappa shape index (κ3) is 4.70. The number of nitrogens with one attached hydrogen (secondary N) is 1. The highest BCUT2D eigenvalue weighted by Crippen LogP contribution is 2.21. The van der Waals surface area contributed by atoms with Gasteiger partial charge in [0.15, 0.2) is 5.16 Å². The summed E-state index contributed by atoms with van der Waals surface area (Å²) in [7, 11) is 1.54. The summed E-state index contributed by atoms with van der Waals surface area (Å²) in [5.41, 5.74) is 0.307. The smallest absolute Gasteiger partial charge is 0.262 e. The molecule has 2 aromatic carbocycles. The van der Waals surface area contributed by atoms with Crippen LogP contribution in [0.1, 0.15) is 0 Å². The van der Waals surface area contributed by atoms with Crippen LogP contribution in [0.25, 0.3) is 10.9 Å². The number of amides is 1. The van der Waals surface area contributed by atoms with Crippen LogP contribution >= 0.6 is 23.4 Å². The second kappa shape index (κ2) is 9.18. The number of nitrogens with zero attached hydrogens (tertiary/aromatic N) is 2. The zero-order valence-electron chi connectivity index (χ0n) is 14.9. The maximum Gasteiger partial charge on any atom is 0.262 e. The van der Waals surface area contributed by atoms with Crippen LogP contribution in [0.3, 0.4) is 0 Å². The van der Waals surface area contributed by atoms with Crippen LogP contribution in [0.2, 0.25) is 5.02 Å². The molecule has 0 aliphatic heterocycles. The minimum Gasteiger partial charge on any atom is -0.383 e. The number of methoxy groups -OCH3 is 1. The molecule has 0 radical (unpaired) electrons. The van der Waals surface area contributed by atoms with Crippen molar-refractivity contribution < 1.29 is 13.9 Å². The highest BCUT2D eigenvalue weighted by atomic mass is 35.5. The quantitative estimate of drug-likeness (QED) is 0.466. The van der Waals surface area contributed by atoms with E-state index in [4.69, 9.17) is 16.3 Å². The van der Waals surface area contributed by atoms with Crippen molar-refractivity contribution in [2.75, 3.05) is 24.8 Å². The lowest BCUT2D eigenvalue weighted by atomic mass is 10.2. The molecular formula is C19H17ClFN3O3S. The lowest BCUT2D eigenvalue weighted by Gasteiger charge is -2.13. The number of carbonyl (C=O) groups is 1. The Morgan fingerprint density at radius 1 is 1.32 bits per heavy atom. The Bertz CT molecular complexity index is 1070. The molecule has 3 rings (SSSR count). The van der Waals surface area contributed by atoms with Gasteiger partial charge < -0.3 is 10.1 Å². The molecular weight excluding hydrogens is 405 g/mol. The summed E-state index contributed by atoms with van der Waals surface area (Å²) in [6.07, 6.45) is 0. The predicted molar refractivity (Wildman–Crippen MR) is 109 cm³/mol. The first kappa shape index (κ1) is 20.3. The summed E-state index contributed by atoms with van der Waals surface area (Å²) in [5, 5.41) is 3.76. The number of ether oxygens (including phenoxy) is 1. The number of hydrogen-bond donors (Lipinski definition) is 1. The average Bonchev–Trinajstić information content (AvgIpc) is 2.67. The van der Waals surface area contributed by atoms with Crippen LogP contribution in [0.5, 0.6) is 0 Å². The van der Waals surface area contributed by atoms with Crippen molar-refractivity contribution in [3.8, 4) is 0 Å². The molecule has 0 aliphatic rings. The van der Waals surface area contributed by atoms with Gasteiger partial charge >= 0.3 is 0 Å². The fourth-order valence-corrected chi connectivity index (χ4v) is 3.53. The van der Waals surface area contributed by atoms with Crippen LogP contribution in [-0.2, 0) is 16.1 Å². The van der Waals surface area contributed by atoms with Gasteiger partial charge in [0.25, 0.3) is 5.56 Å². The van der Waals surface area contributed by atoms with Crippen molar-refractivity contribution in [2.24, 2.45) is 0 Å². The van der Waals surface area contributed by atoms with E-state index in [0.29, 0.717) is 27.7 Å². The van der Waals surface area contributed by atoms with Crippen LogP contribution in [0.4, 0.5) is 10.1 Å². The van der Waals surface area contributed by atoms with Gasteiger partial charge in [-0.25, -0.2) is 9.37 Å². The second-order valence-electron chi connectivity index (χ2n) is 5.82. The molecule has 0 saturated heterocycles. The first-order valence-corrected chi connectivity index (χ1v) is 9.72. The topological polar surface area (TPSA) is 73.2 Å². The molecule has 9 heteroatoms. The molecule has 1 amide bonds. The standard InChI is InChI=1S/C19H17ClFN3O3S/c1-27-9-8-24-18(26)13-7-6-12(20)10-16(13)23-19(24)28-11-17(25)22-15-5-3-2-4-14(15)21/h2-7,10H,8-9,11H2,1H3,(H,22,25). The number of rotatable bonds is 7.